The first-order valence-electron chi connectivity index (χ1n) is 5.64. The van der Waals surface area contributed by atoms with Crippen LogP contribution in [-0.2, 0) is 0 Å². The maximum absolute atomic E-state index is 4.59. The molecule has 0 bridgehead atoms. The van der Waals surface area contributed by atoms with Crippen LogP contribution >= 0.6 is 0 Å². The molecule has 2 rings (SSSR count). The summed E-state index contributed by atoms with van der Waals surface area (Å²) in [6.07, 6.45) is 0. The lowest BCUT2D eigenvalue weighted by molar-refractivity contribution is 1.09. The largest absolute Gasteiger partial charge is 0.233 e. The van der Waals surface area contributed by atoms with Crippen molar-refractivity contribution in [1.29, 1.82) is 0 Å². The van der Waals surface area contributed by atoms with Crippen molar-refractivity contribution in [2.75, 3.05) is 0 Å². The molecule has 0 atom stereocenters. The third kappa shape index (κ3) is 1.41. The average molecular weight is 214 g/mol. The Bertz CT molecular complexity index is 535. The standard InChI is InChI=1S/C14H18N2/c1-7-9(3)13-10(4)8(2)12(6)16-14(13)15-11(7)5/h1-6H3. The summed E-state index contributed by atoms with van der Waals surface area (Å²) < 4.78 is 0. The zero-order chi connectivity index (χ0) is 12.0. The third-order valence-electron chi connectivity index (χ3n) is 3.73. The number of hydrogen-bond acceptors (Lipinski definition) is 2. The number of aromatic nitrogens is 2. The summed E-state index contributed by atoms with van der Waals surface area (Å²) in [4.78, 5) is 9.18. The first kappa shape index (κ1) is 11.1. The second kappa shape index (κ2) is 3.55. The minimum absolute atomic E-state index is 0.890. The zero-order valence-electron chi connectivity index (χ0n) is 10.9. The molecule has 0 fully saturated rings. The van der Waals surface area contributed by atoms with Gasteiger partial charge in [-0.05, 0) is 63.8 Å². The van der Waals surface area contributed by atoms with Crippen molar-refractivity contribution in [2.24, 2.45) is 0 Å². The zero-order valence-corrected chi connectivity index (χ0v) is 10.9. The lowest BCUT2D eigenvalue weighted by Gasteiger charge is -2.13. The summed E-state index contributed by atoms with van der Waals surface area (Å²) in [6.45, 7) is 12.7. The van der Waals surface area contributed by atoms with Gasteiger partial charge in [0.25, 0.3) is 0 Å². The van der Waals surface area contributed by atoms with Gasteiger partial charge in [0.15, 0.2) is 5.65 Å². The maximum atomic E-state index is 4.59. The fraction of sp³-hybridized carbons (Fsp3) is 0.429. The van der Waals surface area contributed by atoms with E-state index in [4.69, 9.17) is 0 Å². The van der Waals surface area contributed by atoms with E-state index in [9.17, 15) is 0 Å². The summed E-state index contributed by atoms with van der Waals surface area (Å²) in [5.41, 5.74) is 8.24. The van der Waals surface area contributed by atoms with E-state index in [-0.39, 0.29) is 0 Å². The molecular formula is C14H18N2. The van der Waals surface area contributed by atoms with Crippen LogP contribution in [0.5, 0.6) is 0 Å². The maximum Gasteiger partial charge on any atom is 0.160 e. The van der Waals surface area contributed by atoms with Gasteiger partial charge >= 0.3 is 0 Å². The van der Waals surface area contributed by atoms with Gasteiger partial charge in [-0.25, -0.2) is 9.97 Å². The van der Waals surface area contributed by atoms with Crippen molar-refractivity contribution < 1.29 is 0 Å². The first-order chi connectivity index (χ1) is 7.43. The molecule has 0 radical (unpaired) electrons. The predicted molar refractivity (Wildman–Crippen MR) is 68.0 cm³/mol. The van der Waals surface area contributed by atoms with Crippen molar-refractivity contribution in [3.05, 3.63) is 33.6 Å². The van der Waals surface area contributed by atoms with Crippen LogP contribution in [0.4, 0.5) is 0 Å². The highest BCUT2D eigenvalue weighted by molar-refractivity contribution is 5.85. The van der Waals surface area contributed by atoms with Crippen LogP contribution in [0, 0.1) is 41.5 Å². The van der Waals surface area contributed by atoms with E-state index in [2.05, 4.69) is 37.7 Å². The van der Waals surface area contributed by atoms with Gasteiger partial charge in [-0.3, -0.25) is 0 Å². The van der Waals surface area contributed by atoms with Gasteiger partial charge in [0, 0.05) is 16.8 Å². The van der Waals surface area contributed by atoms with Crippen molar-refractivity contribution >= 4 is 11.0 Å². The van der Waals surface area contributed by atoms with Gasteiger partial charge < -0.3 is 0 Å². The number of hydrogen-bond donors (Lipinski definition) is 0. The molecule has 0 spiro atoms. The summed E-state index contributed by atoms with van der Waals surface area (Å²) in [5, 5.41) is 1.23. The Balaban J connectivity index is 3.03. The van der Waals surface area contributed by atoms with Gasteiger partial charge in [0.05, 0.1) is 0 Å². The number of nitrogens with zero attached hydrogens (tertiary/aromatic N) is 2. The molecule has 0 amide bonds. The van der Waals surface area contributed by atoms with E-state index in [1.54, 1.807) is 0 Å². The highest BCUT2D eigenvalue weighted by Crippen LogP contribution is 2.26. The molecule has 84 valence electrons. The van der Waals surface area contributed by atoms with Crippen LogP contribution < -0.4 is 0 Å². The molecule has 0 saturated heterocycles. The average Bonchev–Trinajstić information content (AvgIpc) is 2.23. The van der Waals surface area contributed by atoms with Gasteiger partial charge in [-0.2, -0.15) is 0 Å². The van der Waals surface area contributed by atoms with Gasteiger partial charge in [-0.1, -0.05) is 0 Å². The highest BCUT2D eigenvalue weighted by atomic mass is 14.9. The predicted octanol–water partition coefficient (Wildman–Crippen LogP) is 3.48. The number of fused-ring (bicyclic) bond motifs is 1. The molecule has 16 heavy (non-hydrogen) atoms. The van der Waals surface area contributed by atoms with Gasteiger partial charge in [-0.15, -0.1) is 0 Å². The molecule has 2 heteroatoms. The number of rotatable bonds is 0. The minimum atomic E-state index is 0.890. The first-order valence-corrected chi connectivity index (χ1v) is 5.64. The van der Waals surface area contributed by atoms with Crippen LogP contribution in [0.1, 0.15) is 33.6 Å². The molecular weight excluding hydrogens is 196 g/mol. The summed E-state index contributed by atoms with van der Waals surface area (Å²) in [7, 11) is 0. The molecule has 0 aliphatic heterocycles. The van der Waals surface area contributed by atoms with Crippen molar-refractivity contribution in [3.8, 4) is 0 Å². The van der Waals surface area contributed by atoms with E-state index >= 15 is 0 Å². The van der Waals surface area contributed by atoms with Crippen LogP contribution in [0.3, 0.4) is 0 Å². The molecule has 2 heterocycles. The molecule has 2 nitrogen and oxygen atoms in total. The fourth-order valence-electron chi connectivity index (χ4n) is 2.16. The van der Waals surface area contributed by atoms with Crippen LogP contribution in [0.25, 0.3) is 11.0 Å². The van der Waals surface area contributed by atoms with E-state index in [0.717, 1.165) is 17.0 Å². The molecule has 0 aliphatic rings. The Labute approximate surface area is 96.7 Å². The van der Waals surface area contributed by atoms with E-state index in [1.807, 2.05) is 13.8 Å². The quantitative estimate of drug-likeness (QED) is 0.671. The summed E-state index contributed by atoms with van der Waals surface area (Å²) >= 11 is 0. The van der Waals surface area contributed by atoms with Gasteiger partial charge in [0.1, 0.15) is 0 Å². The fourth-order valence-corrected chi connectivity index (χ4v) is 2.16. The Kier molecular flexibility index (Phi) is 2.45. The summed E-state index contributed by atoms with van der Waals surface area (Å²) in [6, 6.07) is 0. The van der Waals surface area contributed by atoms with E-state index < -0.39 is 0 Å². The van der Waals surface area contributed by atoms with Crippen molar-refractivity contribution in [1.82, 2.24) is 9.97 Å². The van der Waals surface area contributed by atoms with Crippen LogP contribution in [-0.4, -0.2) is 9.97 Å². The SMILES string of the molecule is Cc1nc2nc(C)c(C)c(C)c2c(C)c1C. The number of pyridine rings is 2. The summed E-state index contributed by atoms with van der Waals surface area (Å²) in [5.74, 6) is 0. The lowest BCUT2D eigenvalue weighted by atomic mass is 9.98. The minimum Gasteiger partial charge on any atom is -0.233 e. The Morgan fingerprint density at radius 2 is 0.938 bits per heavy atom. The van der Waals surface area contributed by atoms with Gasteiger partial charge in [0.2, 0.25) is 0 Å². The molecule has 0 saturated carbocycles. The molecule has 0 unspecified atom stereocenters. The van der Waals surface area contributed by atoms with E-state index in [1.165, 1.54) is 27.6 Å². The van der Waals surface area contributed by atoms with Crippen molar-refractivity contribution in [3.63, 3.8) is 0 Å². The Morgan fingerprint density at radius 3 is 1.31 bits per heavy atom. The molecule has 0 N–H and O–H groups in total. The second-order valence-corrected chi connectivity index (χ2v) is 4.59. The smallest absolute Gasteiger partial charge is 0.160 e. The van der Waals surface area contributed by atoms with Crippen LogP contribution in [0.15, 0.2) is 0 Å². The highest BCUT2D eigenvalue weighted by Gasteiger charge is 2.12. The molecule has 0 aliphatic carbocycles. The normalized spacial score (nSPS) is 11.1. The Morgan fingerprint density at radius 1 is 0.562 bits per heavy atom. The molecule has 2 aromatic heterocycles. The lowest BCUT2D eigenvalue weighted by Crippen LogP contribution is -2.01. The molecule has 2 aromatic rings. The van der Waals surface area contributed by atoms with Crippen LogP contribution in [0.2, 0.25) is 0 Å². The molecule has 0 aromatic carbocycles. The monoisotopic (exact) mass is 214 g/mol. The third-order valence-corrected chi connectivity index (χ3v) is 3.73. The topological polar surface area (TPSA) is 25.8 Å². The Hall–Kier alpha value is -1.44. The second-order valence-electron chi connectivity index (χ2n) is 4.59. The number of aryl methyl sites for hydroxylation is 4. The van der Waals surface area contributed by atoms with Crippen molar-refractivity contribution in [2.45, 2.75) is 41.5 Å². The van der Waals surface area contributed by atoms with E-state index in [0.29, 0.717) is 0 Å².